The molecule has 0 spiro atoms. The van der Waals surface area contributed by atoms with Crippen molar-refractivity contribution < 1.29 is 9.53 Å². The van der Waals surface area contributed by atoms with E-state index in [4.69, 9.17) is 4.74 Å². The van der Waals surface area contributed by atoms with Gasteiger partial charge in [-0.3, -0.25) is 14.6 Å². The number of rotatable bonds is 5. The van der Waals surface area contributed by atoms with Crippen LogP contribution in [0.25, 0.3) is 0 Å². The zero-order valence-corrected chi connectivity index (χ0v) is 15.7. The van der Waals surface area contributed by atoms with Gasteiger partial charge in [0.05, 0.1) is 19.6 Å². The minimum Gasteiger partial charge on any atom is -0.379 e. The van der Waals surface area contributed by atoms with Crippen LogP contribution in [-0.4, -0.2) is 86.2 Å². The van der Waals surface area contributed by atoms with Crippen molar-refractivity contribution in [1.82, 2.24) is 14.7 Å². The summed E-state index contributed by atoms with van der Waals surface area (Å²) in [6, 6.07) is 7.97. The highest BCUT2D eigenvalue weighted by Gasteiger charge is 2.22. The Morgan fingerprint density at radius 2 is 1.58 bits per heavy atom. The molecule has 1 amide bonds. The third-order valence-electron chi connectivity index (χ3n) is 4.86. The number of piperazine rings is 1. The number of amides is 1. The molecule has 1 aromatic carbocycles. The average Bonchev–Trinajstić information content (AvgIpc) is 2.63. The average molecular weight is 396 g/mol. The molecular weight excluding hydrogens is 370 g/mol. The molecule has 0 atom stereocenters. The Morgan fingerprint density at radius 3 is 2.25 bits per heavy atom. The second-order valence-electron chi connectivity index (χ2n) is 6.44. The van der Waals surface area contributed by atoms with Gasteiger partial charge in [0.15, 0.2) is 0 Å². The molecule has 2 saturated heterocycles. The van der Waals surface area contributed by atoms with Gasteiger partial charge in [0.25, 0.3) is 0 Å². The molecular formula is C18H26BrN3O2. The van der Waals surface area contributed by atoms with E-state index in [1.54, 1.807) is 0 Å². The largest absolute Gasteiger partial charge is 0.379 e. The Balaban J connectivity index is 1.39. The van der Waals surface area contributed by atoms with Gasteiger partial charge in [0.1, 0.15) is 0 Å². The summed E-state index contributed by atoms with van der Waals surface area (Å²) in [6.45, 7) is 9.64. The minimum atomic E-state index is 0.231. The second kappa shape index (κ2) is 8.94. The summed E-state index contributed by atoms with van der Waals surface area (Å²) in [6.07, 6.45) is 0.481. The molecule has 6 heteroatoms. The monoisotopic (exact) mass is 395 g/mol. The van der Waals surface area contributed by atoms with Gasteiger partial charge in [0, 0.05) is 56.8 Å². The Morgan fingerprint density at radius 1 is 0.958 bits per heavy atom. The van der Waals surface area contributed by atoms with E-state index in [0.717, 1.165) is 75.6 Å². The third kappa shape index (κ3) is 5.02. The summed E-state index contributed by atoms with van der Waals surface area (Å²) < 4.78 is 6.40. The highest BCUT2D eigenvalue weighted by atomic mass is 79.9. The van der Waals surface area contributed by atoms with Crippen molar-refractivity contribution >= 4 is 21.8 Å². The lowest BCUT2D eigenvalue weighted by atomic mass is 10.1. The molecule has 0 N–H and O–H groups in total. The molecule has 0 aliphatic carbocycles. The maximum absolute atomic E-state index is 12.5. The smallest absolute Gasteiger partial charge is 0.227 e. The number of benzene rings is 1. The van der Waals surface area contributed by atoms with E-state index in [-0.39, 0.29) is 5.91 Å². The number of carbonyl (C=O) groups excluding carboxylic acids is 1. The van der Waals surface area contributed by atoms with E-state index < -0.39 is 0 Å². The topological polar surface area (TPSA) is 36.0 Å². The first-order valence-corrected chi connectivity index (χ1v) is 9.55. The second-order valence-corrected chi connectivity index (χ2v) is 7.30. The van der Waals surface area contributed by atoms with E-state index in [9.17, 15) is 4.79 Å². The van der Waals surface area contributed by atoms with Crippen LogP contribution in [0.1, 0.15) is 5.56 Å². The van der Waals surface area contributed by atoms with Crippen LogP contribution in [0.3, 0.4) is 0 Å². The van der Waals surface area contributed by atoms with Crippen molar-refractivity contribution in [1.29, 1.82) is 0 Å². The summed E-state index contributed by atoms with van der Waals surface area (Å²) in [5, 5.41) is 0. The van der Waals surface area contributed by atoms with Gasteiger partial charge >= 0.3 is 0 Å². The van der Waals surface area contributed by atoms with Crippen LogP contribution in [0.5, 0.6) is 0 Å². The van der Waals surface area contributed by atoms with Gasteiger partial charge in [-0.2, -0.15) is 0 Å². The molecule has 0 radical (unpaired) electrons. The van der Waals surface area contributed by atoms with E-state index >= 15 is 0 Å². The number of nitrogens with zero attached hydrogens (tertiary/aromatic N) is 3. The minimum absolute atomic E-state index is 0.231. The van der Waals surface area contributed by atoms with E-state index in [1.807, 2.05) is 29.2 Å². The van der Waals surface area contributed by atoms with E-state index in [1.165, 1.54) is 0 Å². The molecule has 0 aromatic heterocycles. The fraction of sp³-hybridized carbons (Fsp3) is 0.611. The highest BCUT2D eigenvalue weighted by Crippen LogP contribution is 2.17. The third-order valence-corrected chi connectivity index (χ3v) is 5.63. The van der Waals surface area contributed by atoms with Gasteiger partial charge < -0.3 is 9.64 Å². The number of hydrogen-bond acceptors (Lipinski definition) is 4. The zero-order chi connectivity index (χ0) is 16.8. The van der Waals surface area contributed by atoms with Crippen molar-refractivity contribution in [3.05, 3.63) is 34.3 Å². The summed E-state index contributed by atoms with van der Waals surface area (Å²) in [5.74, 6) is 0.231. The lowest BCUT2D eigenvalue weighted by Crippen LogP contribution is -2.51. The summed E-state index contributed by atoms with van der Waals surface area (Å²) in [7, 11) is 0. The molecule has 0 saturated carbocycles. The fourth-order valence-electron chi connectivity index (χ4n) is 3.24. The number of hydrogen-bond donors (Lipinski definition) is 0. The molecule has 0 bridgehead atoms. The van der Waals surface area contributed by atoms with Gasteiger partial charge in [-0.15, -0.1) is 0 Å². The van der Waals surface area contributed by atoms with Gasteiger partial charge in [-0.25, -0.2) is 0 Å². The van der Waals surface area contributed by atoms with Crippen molar-refractivity contribution in [2.75, 3.05) is 65.6 Å². The Labute approximate surface area is 152 Å². The van der Waals surface area contributed by atoms with Crippen LogP contribution in [0.15, 0.2) is 28.7 Å². The first-order chi connectivity index (χ1) is 11.7. The first-order valence-electron chi connectivity index (χ1n) is 8.76. The van der Waals surface area contributed by atoms with Crippen LogP contribution in [0.4, 0.5) is 0 Å². The summed E-state index contributed by atoms with van der Waals surface area (Å²) in [4.78, 5) is 19.4. The van der Waals surface area contributed by atoms with Crippen molar-refractivity contribution in [2.45, 2.75) is 6.42 Å². The molecule has 3 rings (SSSR count). The Hall–Kier alpha value is -0.950. The quantitative estimate of drug-likeness (QED) is 0.756. The Kier molecular flexibility index (Phi) is 6.66. The van der Waals surface area contributed by atoms with Crippen LogP contribution >= 0.6 is 15.9 Å². The van der Waals surface area contributed by atoms with Crippen molar-refractivity contribution in [2.24, 2.45) is 0 Å². The predicted molar refractivity (Wildman–Crippen MR) is 98.1 cm³/mol. The molecule has 1 aromatic rings. The first kappa shape index (κ1) is 17.9. The summed E-state index contributed by atoms with van der Waals surface area (Å²) in [5.41, 5.74) is 1.07. The fourth-order valence-corrected chi connectivity index (χ4v) is 3.67. The number of halogens is 1. The number of carbonyl (C=O) groups is 1. The predicted octanol–water partition coefficient (Wildman–Crippen LogP) is 1.47. The molecule has 2 heterocycles. The maximum Gasteiger partial charge on any atom is 0.227 e. The normalized spacial score (nSPS) is 20.3. The van der Waals surface area contributed by atoms with Crippen molar-refractivity contribution in [3.8, 4) is 0 Å². The molecule has 2 fully saturated rings. The van der Waals surface area contributed by atoms with Gasteiger partial charge in [-0.1, -0.05) is 34.1 Å². The van der Waals surface area contributed by atoms with Crippen LogP contribution < -0.4 is 0 Å². The van der Waals surface area contributed by atoms with Crippen molar-refractivity contribution in [3.63, 3.8) is 0 Å². The Bertz CT molecular complexity index is 541. The lowest BCUT2D eigenvalue weighted by Gasteiger charge is -2.36. The zero-order valence-electron chi connectivity index (χ0n) is 14.1. The molecule has 5 nitrogen and oxygen atoms in total. The lowest BCUT2D eigenvalue weighted by molar-refractivity contribution is -0.132. The van der Waals surface area contributed by atoms with Crippen LogP contribution in [-0.2, 0) is 16.0 Å². The number of morpholine rings is 1. The van der Waals surface area contributed by atoms with Crippen LogP contribution in [0, 0.1) is 0 Å². The van der Waals surface area contributed by atoms with Crippen LogP contribution in [0.2, 0.25) is 0 Å². The standard InChI is InChI=1S/C18H26BrN3O2/c19-17-4-2-1-3-16(17)15-18(23)22-9-7-20(8-10-22)5-6-21-11-13-24-14-12-21/h1-4H,5-15H2. The van der Waals surface area contributed by atoms with Gasteiger partial charge in [-0.05, 0) is 11.6 Å². The highest BCUT2D eigenvalue weighted by molar-refractivity contribution is 9.10. The summed E-state index contributed by atoms with van der Waals surface area (Å²) >= 11 is 3.52. The molecule has 2 aliphatic rings. The molecule has 24 heavy (non-hydrogen) atoms. The molecule has 2 aliphatic heterocycles. The van der Waals surface area contributed by atoms with Gasteiger partial charge in [0.2, 0.25) is 5.91 Å². The maximum atomic E-state index is 12.5. The SMILES string of the molecule is O=C(Cc1ccccc1Br)N1CCN(CCN2CCOCC2)CC1. The molecule has 132 valence electrons. The molecule has 0 unspecified atom stereocenters. The van der Waals surface area contributed by atoms with E-state index in [2.05, 4.69) is 25.7 Å². The number of ether oxygens (including phenoxy) is 1. The van der Waals surface area contributed by atoms with E-state index in [0.29, 0.717) is 6.42 Å².